The smallest absolute Gasteiger partial charge is 0.326 e. The van der Waals surface area contributed by atoms with Gasteiger partial charge in [-0.25, -0.2) is 4.79 Å². The van der Waals surface area contributed by atoms with Crippen molar-refractivity contribution in [1.29, 1.82) is 0 Å². The zero-order chi connectivity index (χ0) is 10.7. The van der Waals surface area contributed by atoms with Gasteiger partial charge in [0.25, 0.3) is 0 Å². The highest BCUT2D eigenvalue weighted by molar-refractivity contribution is 7.80. The molecular weight excluding hydrogens is 206 g/mol. The molecule has 1 aliphatic heterocycles. The van der Waals surface area contributed by atoms with Gasteiger partial charge in [-0.3, -0.25) is 14.5 Å². The van der Waals surface area contributed by atoms with Crippen molar-refractivity contribution < 1.29 is 19.5 Å². The average Bonchev–Trinajstić information content (AvgIpc) is 2.43. The van der Waals surface area contributed by atoms with E-state index in [0.717, 1.165) is 4.90 Å². The minimum absolute atomic E-state index is 0.120. The lowest BCUT2D eigenvalue weighted by atomic mass is 10.2. The van der Waals surface area contributed by atoms with Crippen LogP contribution in [0.2, 0.25) is 0 Å². The zero-order valence-electron chi connectivity index (χ0n) is 7.47. The van der Waals surface area contributed by atoms with Crippen molar-refractivity contribution in [2.45, 2.75) is 25.3 Å². The highest BCUT2D eigenvalue weighted by Crippen LogP contribution is 2.17. The Kier molecular flexibility index (Phi) is 3.51. The predicted octanol–water partition coefficient (Wildman–Crippen LogP) is -0.0915. The predicted molar refractivity (Wildman–Crippen MR) is 51.0 cm³/mol. The Hall–Kier alpha value is -1.04. The lowest BCUT2D eigenvalue weighted by Gasteiger charge is -2.21. The molecule has 0 aromatic rings. The van der Waals surface area contributed by atoms with Crippen LogP contribution < -0.4 is 0 Å². The SMILES string of the molecule is O=C(O)[C@H](CCS)N1C(=O)CCC1=O. The normalized spacial score (nSPS) is 18.8. The third-order valence-electron chi connectivity index (χ3n) is 2.09. The van der Waals surface area contributed by atoms with Gasteiger partial charge in [0.05, 0.1) is 0 Å². The van der Waals surface area contributed by atoms with Crippen molar-refractivity contribution in [2.75, 3.05) is 5.75 Å². The van der Waals surface area contributed by atoms with E-state index in [1.54, 1.807) is 0 Å². The van der Waals surface area contributed by atoms with Crippen LogP contribution in [0.1, 0.15) is 19.3 Å². The van der Waals surface area contributed by atoms with Crippen LogP contribution >= 0.6 is 12.6 Å². The van der Waals surface area contributed by atoms with E-state index < -0.39 is 23.8 Å². The molecule has 0 aliphatic carbocycles. The third-order valence-corrected chi connectivity index (χ3v) is 2.35. The third kappa shape index (κ3) is 2.06. The summed E-state index contributed by atoms with van der Waals surface area (Å²) in [7, 11) is 0. The molecule has 1 N–H and O–H groups in total. The van der Waals surface area contributed by atoms with Crippen LogP contribution in [0.4, 0.5) is 0 Å². The number of hydrogen-bond acceptors (Lipinski definition) is 4. The molecule has 1 atom stereocenters. The molecule has 1 aliphatic rings. The summed E-state index contributed by atoms with van der Waals surface area (Å²) in [6.45, 7) is 0. The summed E-state index contributed by atoms with van der Waals surface area (Å²) in [5.74, 6) is -1.62. The van der Waals surface area contributed by atoms with Gasteiger partial charge in [0.2, 0.25) is 11.8 Å². The molecule has 0 bridgehead atoms. The summed E-state index contributed by atoms with van der Waals surface area (Å²) in [4.78, 5) is 34.1. The number of hydrogen-bond donors (Lipinski definition) is 2. The number of amides is 2. The van der Waals surface area contributed by atoms with Crippen molar-refractivity contribution in [3.05, 3.63) is 0 Å². The largest absolute Gasteiger partial charge is 0.480 e. The van der Waals surface area contributed by atoms with Gasteiger partial charge < -0.3 is 5.11 Å². The molecule has 1 saturated heterocycles. The van der Waals surface area contributed by atoms with Gasteiger partial charge in [0, 0.05) is 12.8 Å². The lowest BCUT2D eigenvalue weighted by Crippen LogP contribution is -2.44. The molecule has 0 aromatic carbocycles. The van der Waals surface area contributed by atoms with Gasteiger partial charge in [-0.1, -0.05) is 0 Å². The fourth-order valence-electron chi connectivity index (χ4n) is 1.43. The zero-order valence-corrected chi connectivity index (χ0v) is 8.37. The van der Waals surface area contributed by atoms with Gasteiger partial charge in [-0.2, -0.15) is 12.6 Å². The molecule has 0 unspecified atom stereocenters. The van der Waals surface area contributed by atoms with Crippen LogP contribution in [0.15, 0.2) is 0 Å². The van der Waals surface area contributed by atoms with Crippen LogP contribution in [-0.4, -0.2) is 39.6 Å². The summed E-state index contributed by atoms with van der Waals surface area (Å²) >= 11 is 3.89. The topological polar surface area (TPSA) is 74.7 Å². The standard InChI is InChI=1S/C8H11NO4S/c10-6-1-2-7(11)9(6)5(3-4-14)8(12)13/h5,14H,1-4H2,(H,12,13)/t5-/m0/s1. The Morgan fingerprint density at radius 1 is 1.43 bits per heavy atom. The first-order chi connectivity index (χ1) is 6.57. The Morgan fingerprint density at radius 2 is 1.93 bits per heavy atom. The van der Waals surface area contributed by atoms with Crippen LogP contribution in [0, 0.1) is 0 Å². The van der Waals surface area contributed by atoms with Gasteiger partial charge in [0.15, 0.2) is 0 Å². The fraction of sp³-hybridized carbons (Fsp3) is 0.625. The molecule has 1 rings (SSSR count). The first-order valence-corrected chi connectivity index (χ1v) is 4.89. The van der Waals surface area contributed by atoms with Crippen LogP contribution in [-0.2, 0) is 14.4 Å². The molecule has 14 heavy (non-hydrogen) atoms. The summed E-state index contributed by atoms with van der Waals surface area (Å²) in [5, 5.41) is 8.82. The van der Waals surface area contributed by atoms with Crippen molar-refractivity contribution in [1.82, 2.24) is 4.90 Å². The number of carbonyl (C=O) groups is 3. The number of imide groups is 1. The second-order valence-corrected chi connectivity index (χ2v) is 3.47. The molecule has 0 saturated carbocycles. The molecule has 0 aromatic heterocycles. The number of carbonyl (C=O) groups excluding carboxylic acids is 2. The fourth-order valence-corrected chi connectivity index (χ4v) is 1.67. The number of carboxylic acid groups (broad SMARTS) is 1. The summed E-state index contributed by atoms with van der Waals surface area (Å²) in [6, 6.07) is -1.05. The number of nitrogens with zero attached hydrogens (tertiary/aromatic N) is 1. The van der Waals surface area contributed by atoms with Crippen molar-refractivity contribution >= 4 is 30.4 Å². The van der Waals surface area contributed by atoms with Crippen LogP contribution in [0.3, 0.4) is 0 Å². The second-order valence-electron chi connectivity index (χ2n) is 3.02. The number of rotatable bonds is 4. The van der Waals surface area contributed by atoms with Crippen molar-refractivity contribution in [3.63, 3.8) is 0 Å². The molecular formula is C8H11NO4S. The number of thiol groups is 1. The maximum atomic E-state index is 11.2. The van der Waals surface area contributed by atoms with Gasteiger partial charge in [-0.05, 0) is 12.2 Å². The van der Waals surface area contributed by atoms with E-state index >= 15 is 0 Å². The van der Waals surface area contributed by atoms with Crippen LogP contribution in [0.5, 0.6) is 0 Å². The Balaban J connectivity index is 2.81. The van der Waals surface area contributed by atoms with E-state index in [1.165, 1.54) is 0 Å². The maximum absolute atomic E-state index is 11.2. The maximum Gasteiger partial charge on any atom is 0.326 e. The minimum atomic E-state index is -1.15. The number of likely N-dealkylation sites (tertiary alicyclic amines) is 1. The molecule has 5 nitrogen and oxygen atoms in total. The van der Waals surface area contributed by atoms with E-state index in [-0.39, 0.29) is 19.3 Å². The number of aliphatic carboxylic acids is 1. The highest BCUT2D eigenvalue weighted by atomic mass is 32.1. The summed E-state index contributed by atoms with van der Waals surface area (Å²) in [6.07, 6.45) is 0.431. The average molecular weight is 217 g/mol. The minimum Gasteiger partial charge on any atom is -0.480 e. The first kappa shape index (κ1) is 11.0. The Bertz CT molecular complexity index is 263. The molecule has 78 valence electrons. The van der Waals surface area contributed by atoms with Crippen LogP contribution in [0.25, 0.3) is 0 Å². The number of carboxylic acids is 1. The quantitative estimate of drug-likeness (QED) is 0.509. The van der Waals surface area contributed by atoms with E-state index in [0.29, 0.717) is 5.75 Å². The molecule has 6 heteroatoms. The van der Waals surface area contributed by atoms with E-state index in [1.807, 2.05) is 0 Å². The van der Waals surface area contributed by atoms with E-state index in [4.69, 9.17) is 5.11 Å². The van der Waals surface area contributed by atoms with Gasteiger partial charge in [0.1, 0.15) is 6.04 Å². The monoisotopic (exact) mass is 217 g/mol. The molecule has 1 fully saturated rings. The van der Waals surface area contributed by atoms with Gasteiger partial charge in [-0.15, -0.1) is 0 Å². The lowest BCUT2D eigenvalue weighted by molar-refractivity contribution is -0.154. The molecule has 0 radical (unpaired) electrons. The molecule has 0 spiro atoms. The Morgan fingerprint density at radius 3 is 2.29 bits per heavy atom. The van der Waals surface area contributed by atoms with E-state index in [9.17, 15) is 14.4 Å². The summed E-state index contributed by atoms with van der Waals surface area (Å²) < 4.78 is 0. The van der Waals surface area contributed by atoms with Crippen molar-refractivity contribution in [2.24, 2.45) is 0 Å². The van der Waals surface area contributed by atoms with Crippen molar-refractivity contribution in [3.8, 4) is 0 Å². The Labute approximate surface area is 86.5 Å². The van der Waals surface area contributed by atoms with Gasteiger partial charge >= 0.3 is 5.97 Å². The highest BCUT2D eigenvalue weighted by Gasteiger charge is 2.38. The first-order valence-electron chi connectivity index (χ1n) is 4.26. The molecule has 2 amide bonds. The molecule has 1 heterocycles. The summed E-state index contributed by atoms with van der Waals surface area (Å²) in [5.41, 5.74) is 0. The second kappa shape index (κ2) is 4.45. The van der Waals surface area contributed by atoms with E-state index in [2.05, 4.69) is 12.6 Å².